The number of halogens is 2. The Morgan fingerprint density at radius 1 is 1.08 bits per heavy atom. The lowest BCUT2D eigenvalue weighted by Gasteiger charge is -2.65. The minimum Gasteiger partial charge on any atom is -0.332 e. The number of nitrogens with zero attached hydrogens (tertiary/aromatic N) is 3. The molecule has 0 saturated heterocycles. The Kier molecular flexibility index (Phi) is 5.25. The normalized spacial score (nSPS) is 32.3. The molecular weight excluding hydrogens is 462 g/mol. The third-order valence-corrected chi connectivity index (χ3v) is 8.99. The van der Waals surface area contributed by atoms with Gasteiger partial charge in [-0.15, -0.1) is 0 Å². The first-order valence-electron chi connectivity index (χ1n) is 12.9. The van der Waals surface area contributed by atoms with Gasteiger partial charge in [-0.25, -0.2) is 18.7 Å². The Labute approximate surface area is 209 Å². The standard InChI is InChI=1S/C28H32F2N4O2/c1-26-8-17-9-27(2,13-26)15-28(10-17,14-26)11-23(35)33-24-20-5-6-34(12-22(20)31-16-32-24)25(36)19-4-3-18(29)7-21(19)30/h3-4,7,16-17H,5-6,8-15H2,1-2H3,(H,31,32,33,35). The van der Waals surface area contributed by atoms with E-state index in [1.54, 1.807) is 0 Å². The van der Waals surface area contributed by atoms with E-state index in [0.29, 0.717) is 47.8 Å². The fourth-order valence-corrected chi connectivity index (χ4v) is 8.87. The monoisotopic (exact) mass is 494 g/mol. The minimum absolute atomic E-state index is 0.00283. The third kappa shape index (κ3) is 4.08. The van der Waals surface area contributed by atoms with Gasteiger partial charge in [0.1, 0.15) is 23.8 Å². The Bertz CT molecular complexity index is 1250. The first-order chi connectivity index (χ1) is 17.0. The van der Waals surface area contributed by atoms with E-state index in [1.807, 2.05) is 0 Å². The average Bonchev–Trinajstić information content (AvgIpc) is 2.75. The predicted octanol–water partition coefficient (Wildman–Crippen LogP) is 5.28. The van der Waals surface area contributed by atoms with Gasteiger partial charge >= 0.3 is 0 Å². The molecule has 8 heteroatoms. The summed E-state index contributed by atoms with van der Waals surface area (Å²) in [7, 11) is 0. The number of fused-ring (bicyclic) bond motifs is 1. The Balaban J connectivity index is 1.16. The molecule has 2 aromatic rings. The van der Waals surface area contributed by atoms with Crippen LogP contribution < -0.4 is 5.32 Å². The number of carbonyl (C=O) groups is 2. The van der Waals surface area contributed by atoms with Crippen molar-refractivity contribution < 1.29 is 18.4 Å². The summed E-state index contributed by atoms with van der Waals surface area (Å²) >= 11 is 0. The van der Waals surface area contributed by atoms with Crippen LogP contribution in [0.15, 0.2) is 24.5 Å². The van der Waals surface area contributed by atoms with Crippen LogP contribution in [-0.2, 0) is 17.8 Å². The van der Waals surface area contributed by atoms with Gasteiger partial charge in [-0.3, -0.25) is 9.59 Å². The van der Waals surface area contributed by atoms with Gasteiger partial charge in [0, 0.05) is 24.6 Å². The summed E-state index contributed by atoms with van der Waals surface area (Å²) in [5, 5.41) is 3.07. The summed E-state index contributed by atoms with van der Waals surface area (Å²) in [6.07, 6.45) is 9.61. The molecule has 0 radical (unpaired) electrons. The van der Waals surface area contributed by atoms with Crippen LogP contribution in [0.1, 0.15) is 80.4 Å². The summed E-state index contributed by atoms with van der Waals surface area (Å²) in [6.45, 7) is 5.34. The van der Waals surface area contributed by atoms with Gasteiger partial charge in [0.05, 0.1) is 17.8 Å². The van der Waals surface area contributed by atoms with Crippen molar-refractivity contribution in [2.45, 2.75) is 71.8 Å². The SMILES string of the molecule is CC12CC3CC(C)(C1)CC(CC(=O)Nc1ncnc4c1CCN(C(=O)c1ccc(F)cc1F)C4)(C3)C2. The van der Waals surface area contributed by atoms with Gasteiger partial charge in [-0.1, -0.05) is 13.8 Å². The number of carbonyl (C=O) groups excluding carboxylic acids is 2. The van der Waals surface area contributed by atoms with E-state index in [4.69, 9.17) is 0 Å². The molecule has 2 unspecified atom stereocenters. The van der Waals surface area contributed by atoms with Crippen molar-refractivity contribution >= 4 is 17.6 Å². The molecule has 1 aromatic heterocycles. The topological polar surface area (TPSA) is 75.2 Å². The fraction of sp³-hybridized carbons (Fsp3) is 0.571. The van der Waals surface area contributed by atoms with E-state index in [2.05, 4.69) is 29.1 Å². The lowest BCUT2D eigenvalue weighted by molar-refractivity contribution is -0.153. The molecule has 1 N–H and O–H groups in total. The van der Waals surface area contributed by atoms with Crippen molar-refractivity contribution in [3.8, 4) is 0 Å². The molecule has 2 atom stereocenters. The van der Waals surface area contributed by atoms with Crippen molar-refractivity contribution in [3.63, 3.8) is 0 Å². The van der Waals surface area contributed by atoms with Crippen molar-refractivity contribution in [2.75, 3.05) is 11.9 Å². The molecule has 5 aliphatic rings. The lowest BCUT2D eigenvalue weighted by Crippen LogP contribution is -2.55. The second-order valence-corrected chi connectivity index (χ2v) is 12.6. The van der Waals surface area contributed by atoms with Crippen LogP contribution >= 0.6 is 0 Å². The molecule has 1 aromatic carbocycles. The van der Waals surface area contributed by atoms with Crippen LogP contribution in [0.25, 0.3) is 0 Å². The number of benzene rings is 1. The highest BCUT2D eigenvalue weighted by Crippen LogP contribution is 2.70. The Hall–Kier alpha value is -2.90. The summed E-state index contributed by atoms with van der Waals surface area (Å²) in [4.78, 5) is 36.4. The van der Waals surface area contributed by atoms with Gasteiger partial charge in [-0.2, -0.15) is 0 Å². The number of nitrogens with one attached hydrogen (secondary N) is 1. The average molecular weight is 495 g/mol. The Morgan fingerprint density at radius 2 is 1.83 bits per heavy atom. The van der Waals surface area contributed by atoms with Gasteiger partial charge in [0.15, 0.2) is 0 Å². The first kappa shape index (κ1) is 23.5. The Morgan fingerprint density at radius 3 is 2.53 bits per heavy atom. The maximum atomic E-state index is 14.2. The van der Waals surface area contributed by atoms with Crippen molar-refractivity contribution in [1.29, 1.82) is 0 Å². The second-order valence-electron chi connectivity index (χ2n) is 12.6. The first-order valence-corrected chi connectivity index (χ1v) is 12.9. The molecule has 4 saturated carbocycles. The molecular formula is C28H32F2N4O2. The molecule has 190 valence electrons. The molecule has 4 fully saturated rings. The predicted molar refractivity (Wildman–Crippen MR) is 130 cm³/mol. The van der Waals surface area contributed by atoms with Crippen LogP contribution in [0.5, 0.6) is 0 Å². The molecule has 0 spiro atoms. The smallest absolute Gasteiger partial charge is 0.257 e. The summed E-state index contributed by atoms with van der Waals surface area (Å²) in [5.41, 5.74) is 2.06. The van der Waals surface area contributed by atoms with Crippen LogP contribution in [0.2, 0.25) is 0 Å². The van der Waals surface area contributed by atoms with E-state index < -0.39 is 17.5 Å². The summed E-state index contributed by atoms with van der Waals surface area (Å²) in [5.74, 6) is -0.882. The zero-order valence-corrected chi connectivity index (χ0v) is 20.9. The summed E-state index contributed by atoms with van der Waals surface area (Å²) in [6, 6.07) is 2.96. The van der Waals surface area contributed by atoms with Gasteiger partial charge in [0.25, 0.3) is 5.91 Å². The van der Waals surface area contributed by atoms with Crippen molar-refractivity contribution in [1.82, 2.24) is 14.9 Å². The number of amides is 2. The molecule has 7 rings (SSSR count). The van der Waals surface area contributed by atoms with Crippen molar-refractivity contribution in [3.05, 3.63) is 53.0 Å². The molecule has 36 heavy (non-hydrogen) atoms. The van der Waals surface area contributed by atoms with Crippen molar-refractivity contribution in [2.24, 2.45) is 22.2 Å². The van der Waals surface area contributed by atoms with E-state index >= 15 is 0 Å². The number of hydrogen-bond donors (Lipinski definition) is 1. The quantitative estimate of drug-likeness (QED) is 0.628. The van der Waals surface area contributed by atoms with E-state index in [1.165, 1.54) is 36.6 Å². The molecule has 2 heterocycles. The number of hydrogen-bond acceptors (Lipinski definition) is 4. The maximum Gasteiger partial charge on any atom is 0.257 e. The maximum absolute atomic E-state index is 14.2. The fourth-order valence-electron chi connectivity index (χ4n) is 8.87. The minimum atomic E-state index is -0.881. The molecule has 1 aliphatic heterocycles. The highest BCUT2D eigenvalue weighted by atomic mass is 19.1. The van der Waals surface area contributed by atoms with Gasteiger partial charge in [0.2, 0.25) is 5.91 Å². The lowest BCUT2D eigenvalue weighted by atomic mass is 9.40. The highest BCUT2D eigenvalue weighted by Gasteiger charge is 2.60. The molecule has 6 nitrogen and oxygen atoms in total. The largest absolute Gasteiger partial charge is 0.332 e. The number of rotatable bonds is 4. The number of aromatic nitrogens is 2. The van der Waals surface area contributed by atoms with Gasteiger partial charge in [-0.05, 0) is 79.2 Å². The third-order valence-electron chi connectivity index (χ3n) is 8.99. The molecule has 4 bridgehead atoms. The molecule has 2 amide bonds. The van der Waals surface area contributed by atoms with Crippen LogP contribution in [0.3, 0.4) is 0 Å². The molecule has 4 aliphatic carbocycles. The zero-order chi connectivity index (χ0) is 25.3. The van der Waals surface area contributed by atoms with Crippen LogP contribution in [-0.4, -0.2) is 33.2 Å². The summed E-state index contributed by atoms with van der Waals surface area (Å²) < 4.78 is 27.4. The van der Waals surface area contributed by atoms with Gasteiger partial charge < -0.3 is 10.2 Å². The van der Waals surface area contributed by atoms with E-state index in [0.717, 1.165) is 36.8 Å². The van der Waals surface area contributed by atoms with E-state index in [-0.39, 0.29) is 23.4 Å². The highest BCUT2D eigenvalue weighted by molar-refractivity contribution is 5.95. The van der Waals surface area contributed by atoms with E-state index in [9.17, 15) is 18.4 Å². The van der Waals surface area contributed by atoms with Crippen LogP contribution in [0.4, 0.5) is 14.6 Å². The second kappa shape index (κ2) is 8.05. The van der Waals surface area contributed by atoms with Crippen LogP contribution in [0, 0.1) is 33.8 Å². The zero-order valence-electron chi connectivity index (χ0n) is 20.9. The number of anilines is 1.